The average molecular weight is 344 g/mol. The van der Waals surface area contributed by atoms with Gasteiger partial charge in [0.1, 0.15) is 0 Å². The van der Waals surface area contributed by atoms with Gasteiger partial charge in [0.25, 0.3) is 0 Å². The molecule has 1 aromatic heterocycles. The van der Waals surface area contributed by atoms with Crippen molar-refractivity contribution in [2.24, 2.45) is 5.92 Å². The van der Waals surface area contributed by atoms with E-state index in [9.17, 15) is 0 Å². The third kappa shape index (κ3) is 4.07. The minimum absolute atomic E-state index is 0.266. The van der Waals surface area contributed by atoms with Crippen molar-refractivity contribution in [1.29, 1.82) is 0 Å². The Hall–Kier alpha value is -1.61. The van der Waals surface area contributed by atoms with E-state index in [0.29, 0.717) is 5.92 Å². The lowest BCUT2D eigenvalue weighted by Gasteiger charge is -2.29. The van der Waals surface area contributed by atoms with E-state index in [1.165, 1.54) is 50.5 Å². The van der Waals surface area contributed by atoms with E-state index < -0.39 is 0 Å². The van der Waals surface area contributed by atoms with Gasteiger partial charge in [0.15, 0.2) is 11.0 Å². The molecule has 1 aromatic carbocycles. The fourth-order valence-corrected chi connectivity index (χ4v) is 3.86. The number of nitrogen functional groups attached to an aromatic ring is 1. The SMILES string of the molecule is CCCCC1CCC(c2ccc(-c3cnc(N)c(Cl)n3)cc2)CC1. The Morgan fingerprint density at radius 3 is 2.46 bits per heavy atom. The number of hydrogen-bond donors (Lipinski definition) is 1. The van der Waals surface area contributed by atoms with Crippen molar-refractivity contribution < 1.29 is 0 Å². The Morgan fingerprint density at radius 1 is 1.12 bits per heavy atom. The normalized spacial score (nSPS) is 20.9. The van der Waals surface area contributed by atoms with E-state index in [-0.39, 0.29) is 11.0 Å². The van der Waals surface area contributed by atoms with Gasteiger partial charge in [-0.15, -0.1) is 0 Å². The Kier molecular flexibility index (Phi) is 5.72. The van der Waals surface area contributed by atoms with Crippen LogP contribution in [-0.4, -0.2) is 9.97 Å². The quantitative estimate of drug-likeness (QED) is 0.741. The van der Waals surface area contributed by atoms with Crippen molar-refractivity contribution in [3.05, 3.63) is 41.2 Å². The van der Waals surface area contributed by atoms with Gasteiger partial charge in [0.05, 0.1) is 11.9 Å². The standard InChI is InChI=1S/C20H26ClN3/c1-2-3-4-14-5-7-15(8-6-14)16-9-11-17(12-10-16)18-13-23-20(22)19(21)24-18/h9-15H,2-8H2,1H3,(H2,22,23). The van der Waals surface area contributed by atoms with Gasteiger partial charge in [-0.2, -0.15) is 0 Å². The average Bonchev–Trinajstić information content (AvgIpc) is 2.63. The van der Waals surface area contributed by atoms with Crippen LogP contribution in [0.3, 0.4) is 0 Å². The molecule has 1 aliphatic carbocycles. The molecule has 1 fully saturated rings. The van der Waals surface area contributed by atoms with Crippen LogP contribution in [0.15, 0.2) is 30.5 Å². The molecule has 0 unspecified atom stereocenters. The highest BCUT2D eigenvalue weighted by Crippen LogP contribution is 2.38. The third-order valence-electron chi connectivity index (χ3n) is 5.25. The summed E-state index contributed by atoms with van der Waals surface area (Å²) in [5.74, 6) is 1.93. The summed E-state index contributed by atoms with van der Waals surface area (Å²) in [5.41, 5.74) is 8.87. The number of unbranched alkanes of at least 4 members (excludes halogenated alkanes) is 1. The van der Waals surface area contributed by atoms with Crippen LogP contribution in [0.25, 0.3) is 11.3 Å². The highest BCUT2D eigenvalue weighted by molar-refractivity contribution is 6.31. The first-order chi connectivity index (χ1) is 11.7. The monoisotopic (exact) mass is 343 g/mol. The van der Waals surface area contributed by atoms with Crippen molar-refractivity contribution in [2.45, 2.75) is 57.8 Å². The number of rotatable bonds is 5. The number of hydrogen-bond acceptors (Lipinski definition) is 3. The summed E-state index contributed by atoms with van der Waals surface area (Å²) in [6.07, 6.45) is 11.2. The van der Waals surface area contributed by atoms with Crippen LogP contribution in [0.5, 0.6) is 0 Å². The molecule has 3 nitrogen and oxygen atoms in total. The van der Waals surface area contributed by atoms with Crippen LogP contribution < -0.4 is 5.73 Å². The molecule has 128 valence electrons. The van der Waals surface area contributed by atoms with E-state index in [2.05, 4.69) is 41.2 Å². The number of nitrogens with two attached hydrogens (primary N) is 1. The molecule has 1 aliphatic rings. The third-order valence-corrected chi connectivity index (χ3v) is 5.52. The maximum absolute atomic E-state index is 5.97. The Bertz CT molecular complexity index is 661. The summed E-state index contributed by atoms with van der Waals surface area (Å²) >= 11 is 5.97. The maximum Gasteiger partial charge on any atom is 0.171 e. The smallest absolute Gasteiger partial charge is 0.171 e. The van der Waals surface area contributed by atoms with Gasteiger partial charge in [-0.3, -0.25) is 0 Å². The largest absolute Gasteiger partial charge is 0.381 e. The second-order valence-corrected chi connectivity index (χ2v) is 7.27. The van der Waals surface area contributed by atoms with Crippen molar-refractivity contribution in [3.63, 3.8) is 0 Å². The fraction of sp³-hybridized carbons (Fsp3) is 0.500. The van der Waals surface area contributed by atoms with Crippen LogP contribution in [0.2, 0.25) is 5.15 Å². The van der Waals surface area contributed by atoms with Crippen LogP contribution in [0.4, 0.5) is 5.82 Å². The second-order valence-electron chi connectivity index (χ2n) is 6.91. The van der Waals surface area contributed by atoms with Gasteiger partial charge in [-0.1, -0.05) is 62.1 Å². The van der Waals surface area contributed by atoms with Crippen molar-refractivity contribution in [2.75, 3.05) is 5.73 Å². The number of nitrogens with zero attached hydrogens (tertiary/aromatic N) is 2. The first-order valence-electron chi connectivity index (χ1n) is 9.05. The molecular formula is C20H26ClN3. The molecule has 0 spiro atoms. The predicted molar refractivity (Wildman–Crippen MR) is 101 cm³/mol. The van der Waals surface area contributed by atoms with Crippen LogP contribution in [0, 0.1) is 5.92 Å². The minimum Gasteiger partial charge on any atom is -0.381 e. The number of aromatic nitrogens is 2. The maximum atomic E-state index is 5.97. The lowest BCUT2D eigenvalue weighted by atomic mass is 9.77. The van der Waals surface area contributed by atoms with Crippen molar-refractivity contribution in [3.8, 4) is 11.3 Å². The summed E-state index contributed by atoms with van der Waals surface area (Å²) in [6, 6.07) is 8.71. The predicted octanol–water partition coefficient (Wildman–Crippen LogP) is 5.84. The van der Waals surface area contributed by atoms with Gasteiger partial charge >= 0.3 is 0 Å². The number of anilines is 1. The molecule has 2 N–H and O–H groups in total. The Morgan fingerprint density at radius 2 is 1.83 bits per heavy atom. The van der Waals surface area contributed by atoms with Crippen LogP contribution >= 0.6 is 11.6 Å². The van der Waals surface area contributed by atoms with Gasteiger partial charge in [-0.05, 0) is 43.1 Å². The molecule has 4 heteroatoms. The topological polar surface area (TPSA) is 51.8 Å². The van der Waals surface area contributed by atoms with Gasteiger partial charge in [0.2, 0.25) is 0 Å². The van der Waals surface area contributed by atoms with E-state index in [1.807, 2.05) is 0 Å². The summed E-state index contributed by atoms with van der Waals surface area (Å²) < 4.78 is 0. The molecule has 3 rings (SSSR count). The summed E-state index contributed by atoms with van der Waals surface area (Å²) in [5, 5.41) is 0.266. The van der Waals surface area contributed by atoms with Crippen LogP contribution in [-0.2, 0) is 0 Å². The molecule has 1 saturated carbocycles. The van der Waals surface area contributed by atoms with Crippen LogP contribution in [0.1, 0.15) is 63.4 Å². The van der Waals surface area contributed by atoms with Gasteiger partial charge in [-0.25, -0.2) is 9.97 Å². The first-order valence-corrected chi connectivity index (χ1v) is 9.43. The van der Waals surface area contributed by atoms with Gasteiger partial charge < -0.3 is 5.73 Å². The van der Waals surface area contributed by atoms with Gasteiger partial charge in [0, 0.05) is 5.56 Å². The summed E-state index contributed by atoms with van der Waals surface area (Å²) in [7, 11) is 0. The molecule has 1 heterocycles. The molecular weight excluding hydrogens is 318 g/mol. The molecule has 2 aromatic rings. The zero-order chi connectivity index (χ0) is 16.9. The molecule has 0 radical (unpaired) electrons. The van der Waals surface area contributed by atoms with Crippen molar-refractivity contribution >= 4 is 17.4 Å². The zero-order valence-corrected chi connectivity index (χ0v) is 15.1. The molecule has 0 amide bonds. The van der Waals surface area contributed by atoms with E-state index >= 15 is 0 Å². The number of halogens is 1. The molecule has 0 bridgehead atoms. The highest BCUT2D eigenvalue weighted by atomic mass is 35.5. The van der Waals surface area contributed by atoms with E-state index in [1.54, 1.807) is 6.20 Å². The highest BCUT2D eigenvalue weighted by Gasteiger charge is 2.22. The van der Waals surface area contributed by atoms with Crippen molar-refractivity contribution in [1.82, 2.24) is 9.97 Å². The molecule has 0 aliphatic heterocycles. The minimum atomic E-state index is 0.266. The Balaban J connectivity index is 1.64. The first kappa shape index (κ1) is 17.2. The summed E-state index contributed by atoms with van der Waals surface area (Å²) in [6.45, 7) is 2.28. The second kappa shape index (κ2) is 7.98. The molecule has 0 atom stereocenters. The molecule has 24 heavy (non-hydrogen) atoms. The Labute approximate surface area is 149 Å². The summed E-state index contributed by atoms with van der Waals surface area (Å²) in [4.78, 5) is 8.38. The molecule has 0 saturated heterocycles. The zero-order valence-electron chi connectivity index (χ0n) is 14.3. The lowest BCUT2D eigenvalue weighted by Crippen LogP contribution is -2.13. The number of benzene rings is 1. The fourth-order valence-electron chi connectivity index (χ4n) is 3.72. The van der Waals surface area contributed by atoms with E-state index in [0.717, 1.165) is 17.2 Å². The lowest BCUT2D eigenvalue weighted by molar-refractivity contribution is 0.304. The van der Waals surface area contributed by atoms with E-state index in [4.69, 9.17) is 17.3 Å².